The molecule has 9 heteroatoms. The number of hydrogen-bond acceptors (Lipinski definition) is 7. The summed E-state index contributed by atoms with van der Waals surface area (Å²) in [6.45, 7) is 11.1. The number of nitrogens with one attached hydrogen (secondary N) is 1. The molecule has 2 heterocycles. The van der Waals surface area contributed by atoms with Crippen LogP contribution in [0.5, 0.6) is 0 Å². The summed E-state index contributed by atoms with van der Waals surface area (Å²) in [5, 5.41) is 2.45. The summed E-state index contributed by atoms with van der Waals surface area (Å²) in [6.07, 6.45) is 1.24. The number of carbonyl (C=O) groups excluding carboxylic acids is 4. The van der Waals surface area contributed by atoms with Crippen molar-refractivity contribution in [2.75, 3.05) is 18.4 Å². The Kier molecular flexibility index (Phi) is 7.41. The Morgan fingerprint density at radius 2 is 1.71 bits per heavy atom. The maximum Gasteiger partial charge on any atom is 0.413 e. The van der Waals surface area contributed by atoms with Crippen LogP contribution < -0.4 is 5.32 Å². The molecule has 0 spiro atoms. The average Bonchev–Trinajstić information content (AvgIpc) is 2.64. The van der Waals surface area contributed by atoms with E-state index in [1.807, 2.05) is 0 Å². The second-order valence-corrected chi connectivity index (χ2v) is 9.52. The van der Waals surface area contributed by atoms with Crippen LogP contribution in [-0.2, 0) is 14.3 Å². The van der Waals surface area contributed by atoms with Crippen molar-refractivity contribution in [3.8, 4) is 0 Å². The molecule has 1 atom stereocenters. The summed E-state index contributed by atoms with van der Waals surface area (Å²) in [6, 6.07) is 2.74. The highest BCUT2D eigenvalue weighted by Crippen LogP contribution is 2.22. The molecule has 1 fully saturated rings. The third-order valence-electron chi connectivity index (χ3n) is 4.32. The van der Waals surface area contributed by atoms with E-state index in [1.54, 1.807) is 41.5 Å². The quantitative estimate of drug-likeness (QED) is 0.567. The standard InChI is InChI=1S/C22H31N3O6/c1-21(2,3)30-19(28)24-16-12-14(9-10-23-16)17(26)18(27)15-8-7-11-25(13-15)20(29)31-22(4,5)6/h9-10,12,15H,7-8,11,13H2,1-6H3,(H,23,24,28). The summed E-state index contributed by atoms with van der Waals surface area (Å²) in [5.41, 5.74) is -1.21. The minimum atomic E-state index is -0.712. The first-order chi connectivity index (χ1) is 14.2. The molecule has 0 saturated carbocycles. The lowest BCUT2D eigenvalue weighted by molar-refractivity contribution is -0.120. The van der Waals surface area contributed by atoms with Gasteiger partial charge in [0, 0.05) is 30.8 Å². The first kappa shape index (κ1) is 24.3. The Hall–Kier alpha value is -2.97. The monoisotopic (exact) mass is 433 g/mol. The van der Waals surface area contributed by atoms with Crippen LogP contribution >= 0.6 is 0 Å². The number of anilines is 1. The number of amides is 2. The molecule has 0 bridgehead atoms. The van der Waals surface area contributed by atoms with Gasteiger partial charge in [-0.2, -0.15) is 0 Å². The van der Waals surface area contributed by atoms with Crippen molar-refractivity contribution in [1.82, 2.24) is 9.88 Å². The maximum atomic E-state index is 12.8. The molecule has 0 aromatic carbocycles. The average molecular weight is 434 g/mol. The molecule has 2 amide bonds. The number of Topliss-reactive ketones (excluding diaryl/α,β-unsaturated/α-hetero) is 2. The number of carbonyl (C=O) groups is 4. The van der Waals surface area contributed by atoms with Gasteiger partial charge in [-0.05, 0) is 66.5 Å². The number of nitrogens with zero attached hydrogens (tertiary/aromatic N) is 2. The fraction of sp³-hybridized carbons (Fsp3) is 0.591. The maximum absolute atomic E-state index is 12.8. The number of ketones is 2. The van der Waals surface area contributed by atoms with E-state index in [-0.39, 0.29) is 17.9 Å². The van der Waals surface area contributed by atoms with Gasteiger partial charge in [-0.15, -0.1) is 0 Å². The molecule has 2 rings (SSSR count). The van der Waals surface area contributed by atoms with Crippen molar-refractivity contribution in [1.29, 1.82) is 0 Å². The van der Waals surface area contributed by atoms with Crippen molar-refractivity contribution < 1.29 is 28.7 Å². The number of pyridine rings is 1. The van der Waals surface area contributed by atoms with Gasteiger partial charge >= 0.3 is 12.2 Å². The molecule has 1 saturated heterocycles. The van der Waals surface area contributed by atoms with Gasteiger partial charge in [-0.25, -0.2) is 14.6 Å². The first-order valence-electron chi connectivity index (χ1n) is 10.3. The molecule has 1 aromatic heterocycles. The highest BCUT2D eigenvalue weighted by Gasteiger charge is 2.34. The van der Waals surface area contributed by atoms with Gasteiger partial charge in [0.15, 0.2) is 0 Å². The number of aromatic nitrogens is 1. The van der Waals surface area contributed by atoms with Crippen LogP contribution in [0.4, 0.5) is 15.4 Å². The second kappa shape index (κ2) is 9.45. The first-order valence-corrected chi connectivity index (χ1v) is 10.3. The SMILES string of the molecule is CC(C)(C)OC(=O)Nc1cc(C(=O)C(=O)C2CCCN(C(=O)OC(C)(C)C)C2)ccn1. The molecule has 1 N–H and O–H groups in total. The molecule has 1 aromatic rings. The predicted molar refractivity (Wildman–Crippen MR) is 114 cm³/mol. The number of likely N-dealkylation sites (tertiary alicyclic amines) is 1. The lowest BCUT2D eigenvalue weighted by atomic mass is 9.90. The van der Waals surface area contributed by atoms with Gasteiger partial charge in [0.25, 0.3) is 0 Å². The van der Waals surface area contributed by atoms with Crippen LogP contribution in [0.25, 0.3) is 0 Å². The van der Waals surface area contributed by atoms with E-state index >= 15 is 0 Å². The lowest BCUT2D eigenvalue weighted by Gasteiger charge is -2.33. The summed E-state index contributed by atoms with van der Waals surface area (Å²) in [4.78, 5) is 55.3. The van der Waals surface area contributed by atoms with Gasteiger partial charge < -0.3 is 14.4 Å². The fourth-order valence-corrected chi connectivity index (χ4v) is 3.06. The Bertz CT molecular complexity index is 854. The molecule has 1 unspecified atom stereocenters. The molecule has 1 aliphatic rings. The molecule has 9 nitrogen and oxygen atoms in total. The van der Waals surface area contributed by atoms with E-state index in [4.69, 9.17) is 9.47 Å². The van der Waals surface area contributed by atoms with Crippen LogP contribution in [-0.4, -0.2) is 57.9 Å². The van der Waals surface area contributed by atoms with Crippen LogP contribution in [0.15, 0.2) is 18.3 Å². The van der Waals surface area contributed by atoms with Crippen molar-refractivity contribution in [3.05, 3.63) is 23.9 Å². The molecule has 170 valence electrons. The van der Waals surface area contributed by atoms with E-state index in [0.717, 1.165) is 0 Å². The van der Waals surface area contributed by atoms with E-state index in [0.29, 0.717) is 19.4 Å². The zero-order valence-corrected chi connectivity index (χ0v) is 19.0. The van der Waals surface area contributed by atoms with Crippen molar-refractivity contribution in [3.63, 3.8) is 0 Å². The smallest absolute Gasteiger partial charge is 0.413 e. The Morgan fingerprint density at radius 3 is 2.32 bits per heavy atom. The number of ether oxygens (including phenoxy) is 2. The summed E-state index contributed by atoms with van der Waals surface area (Å²) in [5.74, 6) is -1.77. The van der Waals surface area contributed by atoms with Crippen LogP contribution in [0.1, 0.15) is 64.7 Å². The highest BCUT2D eigenvalue weighted by atomic mass is 16.6. The zero-order chi connectivity index (χ0) is 23.4. The highest BCUT2D eigenvalue weighted by molar-refractivity contribution is 6.44. The van der Waals surface area contributed by atoms with Crippen molar-refractivity contribution in [2.45, 2.75) is 65.6 Å². The molecule has 31 heavy (non-hydrogen) atoms. The van der Waals surface area contributed by atoms with Gasteiger partial charge in [0.2, 0.25) is 11.6 Å². The van der Waals surface area contributed by atoms with E-state index in [2.05, 4.69) is 10.3 Å². The normalized spacial score (nSPS) is 17.0. The number of hydrogen-bond donors (Lipinski definition) is 1. The van der Waals surface area contributed by atoms with E-state index in [9.17, 15) is 19.2 Å². The van der Waals surface area contributed by atoms with E-state index in [1.165, 1.54) is 23.2 Å². The lowest BCUT2D eigenvalue weighted by Crippen LogP contribution is -2.45. The minimum Gasteiger partial charge on any atom is -0.444 e. The third kappa shape index (κ3) is 7.66. The van der Waals surface area contributed by atoms with Gasteiger partial charge in [0.1, 0.15) is 17.0 Å². The van der Waals surface area contributed by atoms with E-state index < -0.39 is 40.9 Å². The van der Waals surface area contributed by atoms with Gasteiger partial charge in [0.05, 0.1) is 0 Å². The van der Waals surface area contributed by atoms with Crippen molar-refractivity contribution in [2.24, 2.45) is 5.92 Å². The number of rotatable bonds is 4. The third-order valence-corrected chi connectivity index (χ3v) is 4.32. The van der Waals surface area contributed by atoms with Crippen molar-refractivity contribution >= 4 is 29.6 Å². The van der Waals surface area contributed by atoms with Gasteiger partial charge in [-0.3, -0.25) is 14.9 Å². The molecule has 1 aliphatic heterocycles. The van der Waals surface area contributed by atoms with Crippen LogP contribution in [0.3, 0.4) is 0 Å². The predicted octanol–water partition coefficient (Wildman–Crippen LogP) is 3.83. The Labute approximate surface area is 182 Å². The summed E-state index contributed by atoms with van der Waals surface area (Å²) < 4.78 is 10.5. The summed E-state index contributed by atoms with van der Waals surface area (Å²) in [7, 11) is 0. The Balaban J connectivity index is 2.05. The fourth-order valence-electron chi connectivity index (χ4n) is 3.06. The van der Waals surface area contributed by atoms with Crippen LogP contribution in [0, 0.1) is 5.92 Å². The molecular formula is C22H31N3O6. The molecular weight excluding hydrogens is 402 g/mol. The number of piperidine rings is 1. The second-order valence-electron chi connectivity index (χ2n) is 9.52. The topological polar surface area (TPSA) is 115 Å². The molecule has 0 aliphatic carbocycles. The van der Waals surface area contributed by atoms with Gasteiger partial charge in [-0.1, -0.05) is 0 Å². The minimum absolute atomic E-state index is 0.104. The summed E-state index contributed by atoms with van der Waals surface area (Å²) >= 11 is 0. The largest absolute Gasteiger partial charge is 0.444 e. The zero-order valence-electron chi connectivity index (χ0n) is 19.0. The Morgan fingerprint density at radius 1 is 1.06 bits per heavy atom. The van der Waals surface area contributed by atoms with Crippen LogP contribution in [0.2, 0.25) is 0 Å². The molecule has 0 radical (unpaired) electrons.